The van der Waals surface area contributed by atoms with Gasteiger partial charge in [0.2, 0.25) is 5.95 Å². The summed E-state index contributed by atoms with van der Waals surface area (Å²) in [6.45, 7) is 14.3. The highest BCUT2D eigenvalue weighted by atomic mass is 16.1. The fourth-order valence-electron chi connectivity index (χ4n) is 3.64. The van der Waals surface area contributed by atoms with Crippen molar-refractivity contribution in [3.8, 4) is 0 Å². The monoisotopic (exact) mass is 395 g/mol. The molecule has 8 nitrogen and oxygen atoms in total. The minimum atomic E-state index is -0.244. The molecule has 0 spiro atoms. The molecule has 29 heavy (non-hydrogen) atoms. The topological polar surface area (TPSA) is 90.5 Å². The van der Waals surface area contributed by atoms with E-state index in [1.54, 1.807) is 0 Å². The van der Waals surface area contributed by atoms with E-state index in [2.05, 4.69) is 50.1 Å². The summed E-state index contributed by atoms with van der Waals surface area (Å²) >= 11 is 0. The summed E-state index contributed by atoms with van der Waals surface area (Å²) in [4.78, 5) is 18.2. The van der Waals surface area contributed by atoms with Gasteiger partial charge < -0.3 is 0 Å². The molecule has 1 N–H and O–H groups in total. The molecule has 3 aromatic rings. The normalized spacial score (nSPS) is 14.8. The van der Waals surface area contributed by atoms with Crippen molar-refractivity contribution in [2.45, 2.75) is 78.8 Å². The van der Waals surface area contributed by atoms with E-state index < -0.39 is 0 Å². The van der Waals surface area contributed by atoms with Crippen LogP contribution in [0, 0.1) is 13.8 Å². The van der Waals surface area contributed by atoms with Crippen molar-refractivity contribution in [2.75, 3.05) is 5.32 Å². The van der Waals surface area contributed by atoms with E-state index in [4.69, 9.17) is 10.1 Å². The van der Waals surface area contributed by atoms with Gasteiger partial charge in [0, 0.05) is 11.7 Å². The molecule has 0 unspecified atom stereocenters. The van der Waals surface area contributed by atoms with Gasteiger partial charge in [-0.05, 0) is 59.4 Å². The average molecular weight is 396 g/mol. The standard InChI is InChI=1S/C21H29N7O/c1-11(2)16-10-15(17-12(3)26-28(18(17)22-16)21(5,6)7)19(29)23-20-25-24-13(4)27(20)14-8-9-14/h10-11,14H,8-9H2,1-7H3,(H,23,25,29). The number of hydrogen-bond acceptors (Lipinski definition) is 5. The predicted molar refractivity (Wildman–Crippen MR) is 112 cm³/mol. The van der Waals surface area contributed by atoms with Gasteiger partial charge in [0.15, 0.2) is 5.65 Å². The molecule has 0 saturated heterocycles. The van der Waals surface area contributed by atoms with Crippen molar-refractivity contribution in [3.05, 3.63) is 28.8 Å². The van der Waals surface area contributed by atoms with Gasteiger partial charge in [0.1, 0.15) is 5.82 Å². The second-order valence-electron chi connectivity index (χ2n) is 9.24. The van der Waals surface area contributed by atoms with Gasteiger partial charge in [0.05, 0.1) is 22.2 Å². The fourth-order valence-corrected chi connectivity index (χ4v) is 3.64. The molecule has 0 aliphatic heterocycles. The molecule has 3 aromatic heterocycles. The third kappa shape index (κ3) is 3.41. The number of nitrogens with zero attached hydrogens (tertiary/aromatic N) is 6. The first kappa shape index (κ1) is 19.5. The van der Waals surface area contributed by atoms with Crippen LogP contribution in [0.1, 0.15) is 87.0 Å². The molecule has 0 radical (unpaired) electrons. The molecular weight excluding hydrogens is 366 g/mol. The van der Waals surface area contributed by atoms with Crippen LogP contribution in [0.3, 0.4) is 0 Å². The van der Waals surface area contributed by atoms with Crippen molar-refractivity contribution in [1.29, 1.82) is 0 Å². The lowest BCUT2D eigenvalue weighted by Crippen LogP contribution is -2.24. The van der Waals surface area contributed by atoms with Crippen LogP contribution in [0.4, 0.5) is 5.95 Å². The smallest absolute Gasteiger partial charge is 0.258 e. The average Bonchev–Trinajstić information content (AvgIpc) is 3.32. The first-order valence-corrected chi connectivity index (χ1v) is 10.2. The molecule has 0 atom stereocenters. The van der Waals surface area contributed by atoms with Crippen molar-refractivity contribution in [1.82, 2.24) is 29.5 Å². The number of pyridine rings is 1. The molecule has 1 saturated carbocycles. The van der Waals surface area contributed by atoms with Crippen LogP contribution in [0.2, 0.25) is 0 Å². The van der Waals surface area contributed by atoms with E-state index in [0.717, 1.165) is 41.1 Å². The Kier molecular flexibility index (Phi) is 4.47. The van der Waals surface area contributed by atoms with Crippen molar-refractivity contribution < 1.29 is 4.79 Å². The zero-order chi connectivity index (χ0) is 21.1. The van der Waals surface area contributed by atoms with Crippen LogP contribution < -0.4 is 5.32 Å². The Morgan fingerprint density at radius 3 is 2.48 bits per heavy atom. The highest BCUT2D eigenvalue weighted by molar-refractivity contribution is 6.12. The third-order valence-electron chi connectivity index (χ3n) is 5.31. The molecule has 0 bridgehead atoms. The van der Waals surface area contributed by atoms with E-state index >= 15 is 0 Å². The number of aryl methyl sites for hydroxylation is 2. The Labute approximate surface area is 170 Å². The maximum absolute atomic E-state index is 13.4. The molecule has 154 valence electrons. The van der Waals surface area contributed by atoms with Gasteiger partial charge in [-0.1, -0.05) is 13.8 Å². The highest BCUT2D eigenvalue weighted by Gasteiger charge is 2.30. The van der Waals surface area contributed by atoms with E-state index in [1.807, 2.05) is 29.2 Å². The Morgan fingerprint density at radius 2 is 1.90 bits per heavy atom. The minimum Gasteiger partial charge on any atom is -0.294 e. The first-order valence-electron chi connectivity index (χ1n) is 10.2. The summed E-state index contributed by atoms with van der Waals surface area (Å²) in [5, 5.41) is 16.8. The molecule has 4 rings (SSSR count). The maximum atomic E-state index is 13.4. The summed E-state index contributed by atoms with van der Waals surface area (Å²) in [6, 6.07) is 2.27. The van der Waals surface area contributed by atoms with Crippen molar-refractivity contribution in [3.63, 3.8) is 0 Å². The molecule has 1 aliphatic carbocycles. The van der Waals surface area contributed by atoms with E-state index in [0.29, 0.717) is 17.6 Å². The van der Waals surface area contributed by atoms with E-state index in [-0.39, 0.29) is 17.4 Å². The predicted octanol–water partition coefficient (Wildman–Crippen LogP) is 4.11. The van der Waals surface area contributed by atoms with Gasteiger partial charge in [0.25, 0.3) is 5.91 Å². The number of amides is 1. The summed E-state index contributed by atoms with van der Waals surface area (Å²) < 4.78 is 3.93. The molecular formula is C21H29N7O. The Morgan fingerprint density at radius 1 is 1.21 bits per heavy atom. The molecule has 3 heterocycles. The van der Waals surface area contributed by atoms with Gasteiger partial charge in [-0.3, -0.25) is 14.7 Å². The zero-order valence-electron chi connectivity index (χ0n) is 18.2. The first-order chi connectivity index (χ1) is 13.6. The highest BCUT2D eigenvalue weighted by Crippen LogP contribution is 2.38. The number of carbonyl (C=O) groups excluding carboxylic acids is 1. The number of anilines is 1. The van der Waals surface area contributed by atoms with Gasteiger partial charge in [-0.15, -0.1) is 10.2 Å². The van der Waals surface area contributed by atoms with Crippen LogP contribution in [0.5, 0.6) is 0 Å². The molecule has 1 amide bonds. The number of fused-ring (bicyclic) bond motifs is 1. The Bertz CT molecular complexity index is 1100. The number of hydrogen-bond donors (Lipinski definition) is 1. The fraction of sp³-hybridized carbons (Fsp3) is 0.571. The van der Waals surface area contributed by atoms with Crippen LogP contribution in [0.25, 0.3) is 11.0 Å². The van der Waals surface area contributed by atoms with Gasteiger partial charge >= 0.3 is 0 Å². The summed E-state index contributed by atoms with van der Waals surface area (Å²) in [7, 11) is 0. The quantitative estimate of drug-likeness (QED) is 0.718. The summed E-state index contributed by atoms with van der Waals surface area (Å²) in [5.74, 6) is 1.31. The number of nitrogens with one attached hydrogen (secondary N) is 1. The maximum Gasteiger partial charge on any atom is 0.258 e. The SMILES string of the molecule is Cc1nn(C(C)(C)C)c2nc(C(C)C)cc(C(=O)Nc3nnc(C)n3C3CC3)c12. The third-order valence-corrected chi connectivity index (χ3v) is 5.31. The van der Waals surface area contributed by atoms with Crippen molar-refractivity contribution >= 4 is 22.9 Å². The second-order valence-corrected chi connectivity index (χ2v) is 9.24. The van der Waals surface area contributed by atoms with Gasteiger partial charge in [-0.25, -0.2) is 9.67 Å². The van der Waals surface area contributed by atoms with Crippen LogP contribution in [-0.2, 0) is 5.54 Å². The lowest BCUT2D eigenvalue weighted by atomic mass is 10.0. The zero-order valence-corrected chi connectivity index (χ0v) is 18.2. The Hall–Kier alpha value is -2.77. The summed E-state index contributed by atoms with van der Waals surface area (Å²) in [6.07, 6.45) is 2.19. The van der Waals surface area contributed by atoms with Crippen LogP contribution >= 0.6 is 0 Å². The lowest BCUT2D eigenvalue weighted by molar-refractivity contribution is 0.102. The largest absolute Gasteiger partial charge is 0.294 e. The van der Waals surface area contributed by atoms with E-state index in [1.165, 1.54) is 0 Å². The molecule has 8 heteroatoms. The molecule has 1 fully saturated rings. The lowest BCUT2D eigenvalue weighted by Gasteiger charge is -2.20. The number of carbonyl (C=O) groups is 1. The number of rotatable bonds is 4. The number of aromatic nitrogens is 6. The van der Waals surface area contributed by atoms with Crippen LogP contribution in [-0.4, -0.2) is 35.4 Å². The second kappa shape index (κ2) is 6.64. The van der Waals surface area contributed by atoms with Gasteiger partial charge in [-0.2, -0.15) is 5.10 Å². The minimum absolute atomic E-state index is 0.187. The van der Waals surface area contributed by atoms with Crippen LogP contribution in [0.15, 0.2) is 6.07 Å². The Balaban J connectivity index is 1.84. The van der Waals surface area contributed by atoms with E-state index in [9.17, 15) is 4.79 Å². The molecule has 1 aliphatic rings. The van der Waals surface area contributed by atoms with Crippen molar-refractivity contribution in [2.24, 2.45) is 0 Å². The molecule has 0 aromatic carbocycles. The summed E-state index contributed by atoms with van der Waals surface area (Å²) in [5.41, 5.74) is 2.74.